The van der Waals surface area contributed by atoms with E-state index in [4.69, 9.17) is 16.5 Å². The monoisotopic (exact) mass is 232 g/mol. The Balaban J connectivity index is 2.69. The predicted octanol–water partition coefficient (Wildman–Crippen LogP) is -1.93. The maximum absolute atomic E-state index is 5.26. The Bertz CT molecular complexity index is 200. The van der Waals surface area contributed by atoms with Crippen LogP contribution in [0.1, 0.15) is 0 Å². The SMILES string of the molecule is C=[Si]1O[Si](=C)O[Si](=C)O[Si](=C)O1. The molecule has 0 aliphatic carbocycles. The molecule has 4 nitrogen and oxygen atoms in total. The lowest BCUT2D eigenvalue weighted by Gasteiger charge is -2.18. The standard InChI is InChI=1S/C4H8O4Si4/c1-9-5-10(2)7-12(4)8-11(3)6-9/h1-4H2. The molecule has 1 fully saturated rings. The Hall–Kier alpha value is -0.452. The Kier molecular flexibility index (Phi) is 3.19. The van der Waals surface area contributed by atoms with Crippen LogP contribution in [0.25, 0.3) is 0 Å². The van der Waals surface area contributed by atoms with Gasteiger partial charge in [-0.3, -0.25) is 0 Å². The summed E-state index contributed by atoms with van der Waals surface area (Å²) in [6.45, 7) is 0. The summed E-state index contributed by atoms with van der Waals surface area (Å²) < 4.78 is 21.0. The number of rotatable bonds is 0. The molecule has 0 aromatic heterocycles. The summed E-state index contributed by atoms with van der Waals surface area (Å²) in [5, 5.41) is 0. The topological polar surface area (TPSA) is 36.9 Å². The van der Waals surface area contributed by atoms with Crippen LogP contribution in [0.3, 0.4) is 0 Å². The zero-order valence-corrected chi connectivity index (χ0v) is 10.5. The molecule has 0 saturated carbocycles. The highest BCUT2D eigenvalue weighted by atomic mass is 28.4. The molecule has 0 aromatic rings. The molecular formula is C4H8O4Si4. The van der Waals surface area contributed by atoms with Crippen LogP contribution in [0.15, 0.2) is 0 Å². The summed E-state index contributed by atoms with van der Waals surface area (Å²) in [5.74, 6) is 0. The van der Waals surface area contributed by atoms with E-state index in [2.05, 4.69) is 24.7 Å². The minimum atomic E-state index is -1.52. The third-order valence-electron chi connectivity index (χ3n) is 0.911. The molecule has 1 heterocycles. The maximum Gasteiger partial charge on any atom is 0.456 e. The van der Waals surface area contributed by atoms with Crippen LogP contribution >= 0.6 is 0 Å². The van der Waals surface area contributed by atoms with Crippen molar-refractivity contribution < 1.29 is 16.5 Å². The van der Waals surface area contributed by atoms with Gasteiger partial charge in [-0.25, -0.2) is 0 Å². The Morgan fingerprint density at radius 3 is 0.833 bits per heavy atom. The van der Waals surface area contributed by atoms with E-state index in [0.717, 1.165) is 0 Å². The van der Waals surface area contributed by atoms with E-state index < -0.39 is 35.6 Å². The van der Waals surface area contributed by atoms with Crippen LogP contribution in [-0.4, -0.2) is 60.3 Å². The second-order valence-corrected chi connectivity index (χ2v) is 8.14. The largest absolute Gasteiger partial charge is 0.525 e. The van der Waals surface area contributed by atoms with Crippen molar-refractivity contribution in [1.82, 2.24) is 0 Å². The summed E-state index contributed by atoms with van der Waals surface area (Å²) in [5.41, 5.74) is 0. The molecule has 0 amide bonds. The fourth-order valence-electron chi connectivity index (χ4n) is 0.591. The van der Waals surface area contributed by atoms with Gasteiger partial charge in [0.05, 0.1) is 0 Å². The van der Waals surface area contributed by atoms with E-state index in [1.165, 1.54) is 0 Å². The van der Waals surface area contributed by atoms with Crippen LogP contribution < -0.4 is 0 Å². The van der Waals surface area contributed by atoms with Crippen LogP contribution in [-0.2, 0) is 16.5 Å². The van der Waals surface area contributed by atoms with Crippen LogP contribution in [0.2, 0.25) is 0 Å². The quantitative estimate of drug-likeness (QED) is 0.456. The second kappa shape index (κ2) is 3.98. The summed E-state index contributed by atoms with van der Waals surface area (Å²) in [7, 11) is -6.07. The zero-order valence-electron chi connectivity index (χ0n) is 6.46. The molecule has 0 aromatic carbocycles. The van der Waals surface area contributed by atoms with Gasteiger partial charge in [0.25, 0.3) is 0 Å². The molecule has 0 bridgehead atoms. The Labute approximate surface area is 77.1 Å². The van der Waals surface area contributed by atoms with Gasteiger partial charge < -0.3 is 16.5 Å². The van der Waals surface area contributed by atoms with E-state index in [0.29, 0.717) is 0 Å². The van der Waals surface area contributed by atoms with Gasteiger partial charge in [-0.2, -0.15) is 0 Å². The Morgan fingerprint density at radius 2 is 0.667 bits per heavy atom. The van der Waals surface area contributed by atoms with E-state index in [9.17, 15) is 0 Å². The van der Waals surface area contributed by atoms with Gasteiger partial charge in [0.1, 0.15) is 0 Å². The molecule has 1 aliphatic heterocycles. The van der Waals surface area contributed by atoms with E-state index in [1.54, 1.807) is 0 Å². The lowest BCUT2D eigenvalue weighted by atomic mass is 12.0. The molecule has 1 saturated heterocycles. The van der Waals surface area contributed by atoms with Crippen molar-refractivity contribution in [3.8, 4) is 0 Å². The van der Waals surface area contributed by atoms with Crippen LogP contribution in [0.4, 0.5) is 0 Å². The smallest absolute Gasteiger partial charge is 0.456 e. The summed E-state index contributed by atoms with van der Waals surface area (Å²) in [4.78, 5) is 0. The van der Waals surface area contributed by atoms with Crippen molar-refractivity contribution in [2.75, 3.05) is 0 Å². The summed E-state index contributed by atoms with van der Waals surface area (Å²) in [6, 6.07) is 0. The zero-order chi connectivity index (χ0) is 9.14. The highest BCUT2D eigenvalue weighted by Crippen LogP contribution is 1.90. The van der Waals surface area contributed by atoms with Gasteiger partial charge in [0, 0.05) is 0 Å². The van der Waals surface area contributed by atoms with Crippen LogP contribution in [0, 0.1) is 0 Å². The second-order valence-electron chi connectivity index (χ2n) is 1.90. The molecule has 0 N–H and O–H groups in total. The van der Waals surface area contributed by atoms with E-state index in [1.807, 2.05) is 0 Å². The van der Waals surface area contributed by atoms with Crippen molar-refractivity contribution >= 4 is 60.3 Å². The van der Waals surface area contributed by atoms with Crippen molar-refractivity contribution in [1.29, 1.82) is 0 Å². The minimum absolute atomic E-state index is 1.52. The van der Waals surface area contributed by atoms with Gasteiger partial charge in [-0.05, 0) is 24.7 Å². The van der Waals surface area contributed by atoms with Crippen molar-refractivity contribution in [3.63, 3.8) is 0 Å². The lowest BCUT2D eigenvalue weighted by Crippen LogP contribution is -2.36. The highest BCUT2D eigenvalue weighted by Gasteiger charge is 2.18. The van der Waals surface area contributed by atoms with Crippen molar-refractivity contribution in [3.05, 3.63) is 0 Å². The first kappa shape index (κ1) is 9.63. The Morgan fingerprint density at radius 1 is 0.500 bits per heavy atom. The van der Waals surface area contributed by atoms with Gasteiger partial charge >= 0.3 is 35.6 Å². The molecule has 0 unspecified atom stereocenters. The number of hydrogen-bond acceptors (Lipinski definition) is 4. The first-order valence-electron chi connectivity index (χ1n) is 3.05. The minimum Gasteiger partial charge on any atom is -0.525 e. The molecule has 12 heavy (non-hydrogen) atoms. The molecule has 0 radical (unpaired) electrons. The summed E-state index contributed by atoms with van der Waals surface area (Å²) >= 11 is 0. The fraction of sp³-hybridized carbons (Fsp3) is 0. The van der Waals surface area contributed by atoms with E-state index in [-0.39, 0.29) is 0 Å². The molecule has 0 atom stereocenters. The number of hydrogen-bond donors (Lipinski definition) is 0. The predicted molar refractivity (Wildman–Crippen MR) is 55.8 cm³/mol. The maximum atomic E-state index is 5.26. The fourth-order valence-corrected chi connectivity index (χ4v) is 6.82. The van der Waals surface area contributed by atoms with Gasteiger partial charge in [-0.15, -0.1) is 0 Å². The molecule has 8 heteroatoms. The first-order valence-corrected chi connectivity index (χ1v) is 9.14. The van der Waals surface area contributed by atoms with Gasteiger partial charge in [0.15, 0.2) is 0 Å². The first-order chi connectivity index (χ1) is 5.58. The molecular weight excluding hydrogens is 224 g/mol. The van der Waals surface area contributed by atoms with Crippen LogP contribution in [0.5, 0.6) is 0 Å². The molecule has 64 valence electrons. The molecule has 0 spiro atoms. The third kappa shape index (κ3) is 2.89. The average molecular weight is 232 g/mol. The van der Waals surface area contributed by atoms with E-state index >= 15 is 0 Å². The highest BCUT2D eigenvalue weighted by molar-refractivity contribution is 6.75. The van der Waals surface area contributed by atoms with Gasteiger partial charge in [-0.1, -0.05) is 0 Å². The van der Waals surface area contributed by atoms with Gasteiger partial charge in [0.2, 0.25) is 0 Å². The third-order valence-corrected chi connectivity index (χ3v) is 8.20. The normalized spacial score (nSPS) is 18.0. The molecule has 1 aliphatic rings. The van der Waals surface area contributed by atoms with Crippen molar-refractivity contribution in [2.24, 2.45) is 0 Å². The van der Waals surface area contributed by atoms with Crippen molar-refractivity contribution in [2.45, 2.75) is 0 Å². The average Bonchev–Trinajstić information content (AvgIpc) is 1.81. The molecule has 1 rings (SSSR count). The summed E-state index contributed by atoms with van der Waals surface area (Å²) in [6.07, 6.45) is 14.7. The lowest BCUT2D eigenvalue weighted by molar-refractivity contribution is 0.334.